The summed E-state index contributed by atoms with van der Waals surface area (Å²) in [5.41, 5.74) is 3.69. The Morgan fingerprint density at radius 1 is 0.933 bits per heavy atom. The van der Waals surface area contributed by atoms with Gasteiger partial charge < -0.3 is 5.32 Å². The predicted octanol–water partition coefficient (Wildman–Crippen LogP) is 3.51. The van der Waals surface area contributed by atoms with Crippen LogP contribution in [0.15, 0.2) is 91.5 Å². The van der Waals surface area contributed by atoms with E-state index in [-0.39, 0.29) is 5.91 Å². The molecule has 0 saturated heterocycles. The lowest BCUT2D eigenvalue weighted by molar-refractivity contribution is 0.0948. The quantitative estimate of drug-likeness (QED) is 0.495. The molecule has 0 spiro atoms. The minimum Gasteiger partial charge on any atom is -0.347 e. The van der Waals surface area contributed by atoms with Crippen molar-refractivity contribution in [2.75, 3.05) is 0 Å². The average Bonchev–Trinajstić information content (AvgIpc) is 3.44. The number of rotatable bonds is 5. The minimum absolute atomic E-state index is 0.249. The Kier molecular flexibility index (Phi) is 4.53. The number of imidazole rings is 1. The van der Waals surface area contributed by atoms with E-state index in [4.69, 9.17) is 0 Å². The van der Waals surface area contributed by atoms with Crippen LogP contribution in [0.25, 0.3) is 22.7 Å². The summed E-state index contributed by atoms with van der Waals surface area (Å²) in [5, 5.41) is 7.39. The van der Waals surface area contributed by atoms with Crippen LogP contribution in [-0.4, -0.2) is 30.1 Å². The van der Waals surface area contributed by atoms with Gasteiger partial charge in [0.1, 0.15) is 5.69 Å². The summed E-state index contributed by atoms with van der Waals surface area (Å²) in [6, 6.07) is 21.5. The molecule has 5 rings (SSSR count). The fraction of sp³-hybridized carbons (Fsp3) is 0.0435. The first-order chi connectivity index (χ1) is 14.8. The Bertz CT molecular complexity index is 1310. The third kappa shape index (κ3) is 3.22. The van der Waals surface area contributed by atoms with Crippen molar-refractivity contribution < 1.29 is 4.79 Å². The molecule has 5 aromatic rings. The summed E-state index contributed by atoms with van der Waals surface area (Å²) in [6.45, 7) is 0.427. The Morgan fingerprint density at radius 3 is 2.50 bits per heavy atom. The van der Waals surface area contributed by atoms with Crippen LogP contribution in [0.3, 0.4) is 0 Å². The first-order valence-electron chi connectivity index (χ1n) is 9.55. The molecule has 0 bridgehead atoms. The maximum atomic E-state index is 12.9. The lowest BCUT2D eigenvalue weighted by Crippen LogP contribution is -2.23. The monoisotopic (exact) mass is 394 g/mol. The Morgan fingerprint density at radius 2 is 1.70 bits per heavy atom. The van der Waals surface area contributed by atoms with Gasteiger partial charge in [0.15, 0.2) is 11.5 Å². The highest BCUT2D eigenvalue weighted by Gasteiger charge is 2.21. The zero-order valence-electron chi connectivity index (χ0n) is 16.0. The molecule has 0 saturated carbocycles. The zero-order chi connectivity index (χ0) is 20.3. The molecule has 3 heterocycles. The van der Waals surface area contributed by atoms with Crippen LogP contribution >= 0.6 is 0 Å². The third-order valence-corrected chi connectivity index (χ3v) is 4.83. The molecule has 0 aliphatic heterocycles. The Hall–Kier alpha value is -4.26. The van der Waals surface area contributed by atoms with Gasteiger partial charge in [-0.25, -0.2) is 9.67 Å². The van der Waals surface area contributed by atoms with E-state index in [1.165, 1.54) is 0 Å². The zero-order valence-corrected chi connectivity index (χ0v) is 16.0. The van der Waals surface area contributed by atoms with Crippen molar-refractivity contribution in [3.8, 4) is 17.2 Å². The highest BCUT2D eigenvalue weighted by molar-refractivity contribution is 5.99. The van der Waals surface area contributed by atoms with E-state index in [1.807, 2.05) is 71.1 Å². The molecule has 7 heteroatoms. The highest BCUT2D eigenvalue weighted by atomic mass is 16.1. The number of amides is 1. The first-order valence-corrected chi connectivity index (χ1v) is 9.55. The Labute approximate surface area is 172 Å². The first kappa shape index (κ1) is 17.8. The number of nitrogens with zero attached hydrogens (tertiary/aromatic N) is 5. The third-order valence-electron chi connectivity index (χ3n) is 4.83. The van der Waals surface area contributed by atoms with E-state index < -0.39 is 0 Å². The molecule has 3 aromatic heterocycles. The second kappa shape index (κ2) is 7.63. The van der Waals surface area contributed by atoms with E-state index in [0.29, 0.717) is 23.6 Å². The lowest BCUT2D eigenvalue weighted by Gasteiger charge is -2.06. The highest BCUT2D eigenvalue weighted by Crippen LogP contribution is 2.24. The molecular weight excluding hydrogens is 376 g/mol. The lowest BCUT2D eigenvalue weighted by atomic mass is 10.2. The van der Waals surface area contributed by atoms with Crippen LogP contribution < -0.4 is 5.32 Å². The fourth-order valence-electron chi connectivity index (χ4n) is 3.40. The number of nitrogens with one attached hydrogen (secondary N) is 1. The van der Waals surface area contributed by atoms with Crippen LogP contribution in [0.5, 0.6) is 0 Å². The van der Waals surface area contributed by atoms with Gasteiger partial charge in [-0.1, -0.05) is 48.5 Å². The van der Waals surface area contributed by atoms with Crippen molar-refractivity contribution in [3.63, 3.8) is 0 Å². The molecule has 0 unspecified atom stereocenters. The molecule has 0 aliphatic carbocycles. The molecular formula is C23H18N6O. The van der Waals surface area contributed by atoms with E-state index in [1.54, 1.807) is 29.5 Å². The van der Waals surface area contributed by atoms with Gasteiger partial charge in [-0.3, -0.25) is 14.2 Å². The van der Waals surface area contributed by atoms with Crippen molar-refractivity contribution in [1.29, 1.82) is 0 Å². The summed E-state index contributed by atoms with van der Waals surface area (Å²) in [7, 11) is 0. The number of carbonyl (C=O) groups excluding carboxylic acids is 1. The molecule has 0 radical (unpaired) electrons. The summed E-state index contributed by atoms with van der Waals surface area (Å²) in [4.78, 5) is 21.8. The van der Waals surface area contributed by atoms with E-state index in [0.717, 1.165) is 16.9 Å². The van der Waals surface area contributed by atoms with Crippen molar-refractivity contribution >= 4 is 11.4 Å². The van der Waals surface area contributed by atoms with Crippen LogP contribution in [0, 0.1) is 0 Å². The molecule has 30 heavy (non-hydrogen) atoms. The Balaban J connectivity index is 1.54. The number of carbonyl (C=O) groups is 1. The van der Waals surface area contributed by atoms with Crippen LogP contribution in [0.2, 0.25) is 0 Å². The molecule has 0 fully saturated rings. The van der Waals surface area contributed by atoms with Crippen molar-refractivity contribution in [3.05, 3.63) is 103 Å². The topological polar surface area (TPSA) is 77.1 Å². The van der Waals surface area contributed by atoms with Gasteiger partial charge in [0.05, 0.1) is 23.6 Å². The van der Waals surface area contributed by atoms with Gasteiger partial charge in [0.25, 0.3) is 5.91 Å². The number of benzene rings is 2. The van der Waals surface area contributed by atoms with E-state index in [2.05, 4.69) is 20.4 Å². The predicted molar refractivity (Wildman–Crippen MR) is 113 cm³/mol. The normalized spacial score (nSPS) is 10.9. The SMILES string of the molecule is O=C(NCc1ccccc1)c1nc(-c2ccnn2-c2ccccc2)n2ccncc12. The van der Waals surface area contributed by atoms with Crippen molar-refractivity contribution in [1.82, 2.24) is 29.5 Å². The molecule has 146 valence electrons. The summed E-state index contributed by atoms with van der Waals surface area (Å²) < 4.78 is 3.67. The van der Waals surface area contributed by atoms with Gasteiger partial charge in [0, 0.05) is 18.9 Å². The van der Waals surface area contributed by atoms with Gasteiger partial charge in [-0.15, -0.1) is 0 Å². The summed E-state index contributed by atoms with van der Waals surface area (Å²) >= 11 is 0. The summed E-state index contributed by atoms with van der Waals surface area (Å²) in [6.07, 6.45) is 6.85. The second-order valence-electron chi connectivity index (χ2n) is 6.75. The largest absolute Gasteiger partial charge is 0.347 e. The van der Waals surface area contributed by atoms with E-state index >= 15 is 0 Å². The molecule has 7 nitrogen and oxygen atoms in total. The average molecular weight is 394 g/mol. The smallest absolute Gasteiger partial charge is 0.272 e. The van der Waals surface area contributed by atoms with Gasteiger partial charge in [-0.05, 0) is 23.8 Å². The maximum Gasteiger partial charge on any atom is 0.272 e. The van der Waals surface area contributed by atoms with Crippen LogP contribution in [-0.2, 0) is 6.54 Å². The summed E-state index contributed by atoms with van der Waals surface area (Å²) in [5.74, 6) is 0.375. The van der Waals surface area contributed by atoms with Gasteiger partial charge >= 0.3 is 0 Å². The fourth-order valence-corrected chi connectivity index (χ4v) is 3.40. The molecule has 1 N–H and O–H groups in total. The standard InChI is InChI=1S/C23H18N6O/c30-23(25-15-17-7-3-1-4-8-17)21-20-16-24-13-14-28(20)22(27-21)19-11-12-26-29(19)18-9-5-2-6-10-18/h1-14,16H,15H2,(H,25,30). The maximum absolute atomic E-state index is 12.9. The number of hydrogen-bond donors (Lipinski definition) is 1. The number of aromatic nitrogens is 5. The van der Waals surface area contributed by atoms with Crippen molar-refractivity contribution in [2.24, 2.45) is 0 Å². The number of hydrogen-bond acceptors (Lipinski definition) is 4. The minimum atomic E-state index is -0.249. The van der Waals surface area contributed by atoms with Gasteiger partial charge in [0.2, 0.25) is 0 Å². The molecule has 0 atom stereocenters. The number of fused-ring (bicyclic) bond motifs is 1. The van der Waals surface area contributed by atoms with Crippen molar-refractivity contribution in [2.45, 2.75) is 6.54 Å². The molecule has 2 aromatic carbocycles. The molecule has 0 aliphatic rings. The second-order valence-corrected chi connectivity index (χ2v) is 6.75. The van der Waals surface area contributed by atoms with Gasteiger partial charge in [-0.2, -0.15) is 5.10 Å². The van der Waals surface area contributed by atoms with Crippen LogP contribution in [0.1, 0.15) is 16.1 Å². The van der Waals surface area contributed by atoms with E-state index in [9.17, 15) is 4.79 Å². The van der Waals surface area contributed by atoms with Crippen LogP contribution in [0.4, 0.5) is 0 Å². The number of para-hydroxylation sites is 1. The molecule has 1 amide bonds.